The average Bonchev–Trinajstić information content (AvgIpc) is 2.78. The van der Waals surface area contributed by atoms with E-state index in [1.807, 2.05) is 80.6 Å². The van der Waals surface area contributed by atoms with Crippen molar-refractivity contribution in [3.8, 4) is 11.3 Å². The van der Waals surface area contributed by atoms with E-state index in [4.69, 9.17) is 0 Å². The number of fused-ring (bicyclic) bond motifs is 1. The molecule has 0 aliphatic heterocycles. The number of carbonyl (C=O) groups excluding carboxylic acids is 1. The number of benzene rings is 3. The van der Waals surface area contributed by atoms with Gasteiger partial charge in [0, 0.05) is 17.0 Å². The molecule has 1 unspecified atom stereocenters. The van der Waals surface area contributed by atoms with E-state index in [9.17, 15) is 4.79 Å². The lowest BCUT2D eigenvalue weighted by Gasteiger charge is -2.17. The third-order valence-corrected chi connectivity index (χ3v) is 5.31. The van der Waals surface area contributed by atoms with Gasteiger partial charge in [0.15, 0.2) is 0 Å². The Hall–Kier alpha value is -3.53. The van der Waals surface area contributed by atoms with E-state index in [-0.39, 0.29) is 11.9 Å². The summed E-state index contributed by atoms with van der Waals surface area (Å²) in [5, 5.41) is 12.8. The highest BCUT2D eigenvalue weighted by Gasteiger charge is 2.20. The number of aromatic nitrogens is 2. The molecule has 0 fully saturated rings. The van der Waals surface area contributed by atoms with Crippen LogP contribution in [0.15, 0.2) is 78.9 Å². The van der Waals surface area contributed by atoms with Gasteiger partial charge >= 0.3 is 0 Å². The topological polar surface area (TPSA) is 54.9 Å². The van der Waals surface area contributed by atoms with Crippen LogP contribution in [0.5, 0.6) is 0 Å². The maximum atomic E-state index is 13.4. The number of nitrogens with zero attached hydrogens (tertiary/aromatic N) is 2. The fourth-order valence-corrected chi connectivity index (χ4v) is 3.59. The number of nitrogens with one attached hydrogen (secondary N) is 1. The standard InChI is InChI=1S/C26H25N3O/c1-18-12-16-21(17-13-18)25-24(22-10-6-7-11-23(22)28-29-25)26(30)27-19(2)14-15-20-8-4-3-5-9-20/h3-13,16-17,19H,14-15H2,1-2H3,(H,27,30). The number of aryl methyl sites for hydroxylation is 2. The molecular weight excluding hydrogens is 370 g/mol. The summed E-state index contributed by atoms with van der Waals surface area (Å²) in [5.41, 5.74) is 5.23. The number of rotatable bonds is 6. The molecule has 4 aromatic rings. The van der Waals surface area contributed by atoms with Gasteiger partial charge in [0.2, 0.25) is 0 Å². The molecule has 1 N–H and O–H groups in total. The predicted molar refractivity (Wildman–Crippen MR) is 121 cm³/mol. The van der Waals surface area contributed by atoms with Crippen molar-refractivity contribution in [3.63, 3.8) is 0 Å². The van der Waals surface area contributed by atoms with E-state index >= 15 is 0 Å². The molecule has 0 bridgehead atoms. The summed E-state index contributed by atoms with van der Waals surface area (Å²) in [7, 11) is 0. The molecule has 0 spiro atoms. The van der Waals surface area contributed by atoms with E-state index < -0.39 is 0 Å². The highest BCUT2D eigenvalue weighted by molar-refractivity contribution is 6.10. The van der Waals surface area contributed by atoms with E-state index in [0.717, 1.165) is 34.9 Å². The number of hydrogen-bond acceptors (Lipinski definition) is 3. The SMILES string of the molecule is Cc1ccc(-c2nnc3ccccc3c2C(=O)NC(C)CCc2ccccc2)cc1. The van der Waals surface area contributed by atoms with Crippen LogP contribution in [0.3, 0.4) is 0 Å². The molecule has 0 aliphatic rings. The van der Waals surface area contributed by atoms with Gasteiger partial charge in [-0.05, 0) is 38.3 Å². The van der Waals surface area contributed by atoms with Crippen LogP contribution >= 0.6 is 0 Å². The lowest BCUT2D eigenvalue weighted by Crippen LogP contribution is -2.33. The van der Waals surface area contributed by atoms with Crippen molar-refractivity contribution in [2.24, 2.45) is 0 Å². The van der Waals surface area contributed by atoms with Crippen molar-refractivity contribution in [2.75, 3.05) is 0 Å². The third kappa shape index (κ3) is 4.38. The first-order chi connectivity index (χ1) is 14.6. The molecule has 1 heterocycles. The Kier molecular flexibility index (Phi) is 5.84. The molecule has 0 aliphatic carbocycles. The minimum atomic E-state index is -0.114. The van der Waals surface area contributed by atoms with Crippen LogP contribution in [0.1, 0.15) is 34.8 Å². The average molecular weight is 396 g/mol. The highest BCUT2D eigenvalue weighted by atomic mass is 16.1. The summed E-state index contributed by atoms with van der Waals surface area (Å²) in [5.74, 6) is -0.114. The second kappa shape index (κ2) is 8.87. The highest BCUT2D eigenvalue weighted by Crippen LogP contribution is 2.27. The molecule has 150 valence electrons. The van der Waals surface area contributed by atoms with Crippen LogP contribution in [0.25, 0.3) is 22.2 Å². The second-order valence-electron chi connectivity index (χ2n) is 7.71. The Balaban J connectivity index is 1.63. The summed E-state index contributed by atoms with van der Waals surface area (Å²) < 4.78 is 0. The number of amides is 1. The normalized spacial score (nSPS) is 11.9. The minimum absolute atomic E-state index is 0.0375. The van der Waals surface area contributed by atoms with Gasteiger partial charge in [-0.15, -0.1) is 10.2 Å². The van der Waals surface area contributed by atoms with E-state index in [1.165, 1.54) is 5.56 Å². The predicted octanol–water partition coefficient (Wildman–Crippen LogP) is 5.36. The molecular formula is C26H25N3O. The van der Waals surface area contributed by atoms with Gasteiger partial charge in [-0.25, -0.2) is 0 Å². The first-order valence-corrected chi connectivity index (χ1v) is 10.3. The second-order valence-corrected chi connectivity index (χ2v) is 7.71. The van der Waals surface area contributed by atoms with Crippen molar-refractivity contribution < 1.29 is 4.79 Å². The lowest BCUT2D eigenvalue weighted by atomic mass is 9.99. The molecule has 30 heavy (non-hydrogen) atoms. The fraction of sp³-hybridized carbons (Fsp3) is 0.192. The lowest BCUT2D eigenvalue weighted by molar-refractivity contribution is 0.0940. The zero-order chi connectivity index (χ0) is 20.9. The van der Waals surface area contributed by atoms with Crippen molar-refractivity contribution in [1.82, 2.24) is 15.5 Å². The molecule has 0 saturated heterocycles. The molecule has 1 amide bonds. The van der Waals surface area contributed by atoms with Crippen molar-refractivity contribution in [1.29, 1.82) is 0 Å². The van der Waals surface area contributed by atoms with Crippen LogP contribution in [0, 0.1) is 6.92 Å². The van der Waals surface area contributed by atoms with Gasteiger partial charge < -0.3 is 5.32 Å². The Morgan fingerprint density at radius 1 is 0.900 bits per heavy atom. The van der Waals surface area contributed by atoms with Crippen LogP contribution in [0.2, 0.25) is 0 Å². The largest absolute Gasteiger partial charge is 0.349 e. The molecule has 3 aromatic carbocycles. The van der Waals surface area contributed by atoms with Crippen molar-refractivity contribution in [3.05, 3.63) is 95.6 Å². The van der Waals surface area contributed by atoms with Gasteiger partial charge in [0.05, 0.1) is 11.1 Å². The van der Waals surface area contributed by atoms with Crippen LogP contribution in [-0.2, 0) is 6.42 Å². The van der Waals surface area contributed by atoms with Gasteiger partial charge in [-0.1, -0.05) is 78.4 Å². The van der Waals surface area contributed by atoms with Crippen molar-refractivity contribution in [2.45, 2.75) is 32.7 Å². The summed E-state index contributed by atoms with van der Waals surface area (Å²) in [4.78, 5) is 13.4. The molecule has 4 heteroatoms. The van der Waals surface area contributed by atoms with Crippen LogP contribution in [-0.4, -0.2) is 22.1 Å². The van der Waals surface area contributed by atoms with Gasteiger partial charge in [-0.2, -0.15) is 0 Å². The molecule has 0 saturated carbocycles. The molecule has 1 atom stereocenters. The van der Waals surface area contributed by atoms with Gasteiger partial charge in [0.1, 0.15) is 5.69 Å². The Morgan fingerprint density at radius 3 is 2.37 bits per heavy atom. The Morgan fingerprint density at radius 2 is 1.60 bits per heavy atom. The van der Waals surface area contributed by atoms with Crippen LogP contribution in [0.4, 0.5) is 0 Å². The monoisotopic (exact) mass is 395 g/mol. The first-order valence-electron chi connectivity index (χ1n) is 10.3. The number of carbonyl (C=O) groups is 1. The summed E-state index contributed by atoms with van der Waals surface area (Å²) in [6, 6.07) is 26.1. The van der Waals surface area contributed by atoms with E-state index in [0.29, 0.717) is 11.3 Å². The molecule has 0 radical (unpaired) electrons. The zero-order valence-corrected chi connectivity index (χ0v) is 17.3. The zero-order valence-electron chi connectivity index (χ0n) is 17.3. The minimum Gasteiger partial charge on any atom is -0.349 e. The molecule has 4 rings (SSSR count). The fourth-order valence-electron chi connectivity index (χ4n) is 3.59. The van der Waals surface area contributed by atoms with E-state index in [1.54, 1.807) is 0 Å². The maximum Gasteiger partial charge on any atom is 0.254 e. The first kappa shape index (κ1) is 19.8. The molecule has 4 nitrogen and oxygen atoms in total. The summed E-state index contributed by atoms with van der Waals surface area (Å²) in [6.45, 7) is 4.08. The third-order valence-electron chi connectivity index (χ3n) is 5.31. The quantitative estimate of drug-likeness (QED) is 0.478. The molecule has 1 aromatic heterocycles. The van der Waals surface area contributed by atoms with Crippen molar-refractivity contribution >= 4 is 16.8 Å². The Bertz CT molecular complexity index is 1150. The van der Waals surface area contributed by atoms with Gasteiger partial charge in [0.25, 0.3) is 5.91 Å². The summed E-state index contributed by atoms with van der Waals surface area (Å²) in [6.07, 6.45) is 1.79. The Labute approximate surface area is 177 Å². The van der Waals surface area contributed by atoms with Crippen LogP contribution < -0.4 is 5.32 Å². The van der Waals surface area contributed by atoms with Gasteiger partial charge in [-0.3, -0.25) is 4.79 Å². The maximum absolute atomic E-state index is 13.4. The van der Waals surface area contributed by atoms with E-state index in [2.05, 4.69) is 27.6 Å². The smallest absolute Gasteiger partial charge is 0.254 e. The number of hydrogen-bond donors (Lipinski definition) is 1. The summed E-state index contributed by atoms with van der Waals surface area (Å²) >= 11 is 0.